The first-order valence-electron chi connectivity index (χ1n) is 6.92. The van der Waals surface area contributed by atoms with E-state index in [4.69, 9.17) is 0 Å². The fourth-order valence-corrected chi connectivity index (χ4v) is 2.29. The minimum Gasteiger partial charge on any atom is -0.166 e. The van der Waals surface area contributed by atoms with Gasteiger partial charge in [-0.2, -0.15) is 13.2 Å². The van der Waals surface area contributed by atoms with E-state index < -0.39 is 11.7 Å². The molecule has 2 rings (SSSR count). The van der Waals surface area contributed by atoms with Crippen LogP contribution in [0.5, 0.6) is 0 Å². The van der Waals surface area contributed by atoms with Crippen molar-refractivity contribution in [1.82, 2.24) is 0 Å². The van der Waals surface area contributed by atoms with Crippen molar-refractivity contribution in [3.8, 4) is 0 Å². The highest BCUT2D eigenvalue weighted by atomic mass is 19.4. The summed E-state index contributed by atoms with van der Waals surface area (Å²) in [4.78, 5) is 0. The van der Waals surface area contributed by atoms with Crippen molar-refractivity contribution >= 4 is 0 Å². The number of alkyl halides is 3. The minimum absolute atomic E-state index is 0.0441. The van der Waals surface area contributed by atoms with Crippen LogP contribution in [0.3, 0.4) is 0 Å². The molecule has 0 amide bonds. The molecule has 0 aromatic heterocycles. The summed E-state index contributed by atoms with van der Waals surface area (Å²) in [7, 11) is 0. The Morgan fingerprint density at radius 1 is 0.810 bits per heavy atom. The molecule has 0 radical (unpaired) electrons. The van der Waals surface area contributed by atoms with Gasteiger partial charge in [0.15, 0.2) is 0 Å². The number of hydrogen-bond donors (Lipinski definition) is 0. The number of rotatable bonds is 2. The second kappa shape index (κ2) is 5.55. The first-order valence-corrected chi connectivity index (χ1v) is 6.92. The molecule has 2 aromatic carbocycles. The van der Waals surface area contributed by atoms with Gasteiger partial charge in [0.25, 0.3) is 0 Å². The van der Waals surface area contributed by atoms with Gasteiger partial charge in [-0.3, -0.25) is 0 Å². The molecule has 0 bridgehead atoms. The maximum Gasteiger partial charge on any atom is 0.416 e. The molecule has 0 aliphatic carbocycles. The van der Waals surface area contributed by atoms with Gasteiger partial charge in [-0.05, 0) is 34.6 Å². The summed E-state index contributed by atoms with van der Waals surface area (Å²) in [6, 6.07) is 13.6. The molecule has 3 heteroatoms. The van der Waals surface area contributed by atoms with Crippen LogP contribution < -0.4 is 0 Å². The van der Waals surface area contributed by atoms with Crippen molar-refractivity contribution in [2.75, 3.05) is 0 Å². The van der Waals surface area contributed by atoms with Gasteiger partial charge in [0.1, 0.15) is 0 Å². The third-order valence-corrected chi connectivity index (χ3v) is 3.54. The quantitative estimate of drug-likeness (QED) is 0.676. The third kappa shape index (κ3) is 3.87. The van der Waals surface area contributed by atoms with Crippen LogP contribution in [0, 0.1) is 0 Å². The summed E-state index contributed by atoms with van der Waals surface area (Å²) in [6.45, 7) is 6.34. The Bertz CT molecular complexity index is 602. The SMILES string of the molecule is CC(C)(C)c1ccc(Cc2ccccc2C(F)(F)F)cc1. The minimum atomic E-state index is -4.30. The molecular weight excluding hydrogens is 273 g/mol. The third-order valence-electron chi connectivity index (χ3n) is 3.54. The van der Waals surface area contributed by atoms with Crippen LogP contribution in [0.2, 0.25) is 0 Å². The van der Waals surface area contributed by atoms with Gasteiger partial charge in [0.05, 0.1) is 5.56 Å². The topological polar surface area (TPSA) is 0 Å². The molecule has 0 N–H and O–H groups in total. The van der Waals surface area contributed by atoms with Crippen molar-refractivity contribution in [3.63, 3.8) is 0 Å². The van der Waals surface area contributed by atoms with Crippen LogP contribution in [0.15, 0.2) is 48.5 Å². The van der Waals surface area contributed by atoms with Crippen LogP contribution in [-0.2, 0) is 18.0 Å². The van der Waals surface area contributed by atoms with E-state index in [0.717, 1.165) is 11.6 Å². The zero-order valence-corrected chi connectivity index (χ0v) is 12.5. The van der Waals surface area contributed by atoms with Crippen molar-refractivity contribution in [2.45, 2.75) is 38.8 Å². The largest absolute Gasteiger partial charge is 0.416 e. The second-order valence-electron chi connectivity index (χ2n) is 6.28. The summed E-state index contributed by atoms with van der Waals surface area (Å²) in [5, 5.41) is 0. The van der Waals surface area contributed by atoms with E-state index in [2.05, 4.69) is 20.8 Å². The Morgan fingerprint density at radius 2 is 1.38 bits per heavy atom. The van der Waals surface area contributed by atoms with Gasteiger partial charge in [0, 0.05) is 0 Å². The van der Waals surface area contributed by atoms with E-state index in [-0.39, 0.29) is 5.41 Å². The molecule has 0 spiro atoms. The Morgan fingerprint density at radius 3 is 1.90 bits per heavy atom. The zero-order chi connectivity index (χ0) is 15.7. The van der Waals surface area contributed by atoms with Gasteiger partial charge >= 0.3 is 6.18 Å². The van der Waals surface area contributed by atoms with E-state index in [1.165, 1.54) is 11.6 Å². The predicted octanol–water partition coefficient (Wildman–Crippen LogP) is 5.59. The molecule has 0 unspecified atom stereocenters. The van der Waals surface area contributed by atoms with Crippen LogP contribution in [0.1, 0.15) is 43.0 Å². The van der Waals surface area contributed by atoms with Crippen LogP contribution in [-0.4, -0.2) is 0 Å². The van der Waals surface area contributed by atoms with E-state index in [1.54, 1.807) is 12.1 Å². The standard InChI is InChI=1S/C18H19F3/c1-17(2,3)15-10-8-13(9-11-15)12-14-6-4-5-7-16(14)18(19,20)21/h4-11H,12H2,1-3H3. The summed E-state index contributed by atoms with van der Waals surface area (Å²) in [5.74, 6) is 0. The molecule has 0 nitrogen and oxygen atoms in total. The Labute approximate surface area is 123 Å². The van der Waals surface area contributed by atoms with Crippen LogP contribution in [0.4, 0.5) is 13.2 Å². The molecule has 0 heterocycles. The average molecular weight is 292 g/mol. The molecule has 21 heavy (non-hydrogen) atoms. The number of benzene rings is 2. The van der Waals surface area contributed by atoms with Gasteiger partial charge < -0.3 is 0 Å². The monoisotopic (exact) mass is 292 g/mol. The first-order chi connectivity index (χ1) is 9.68. The van der Waals surface area contributed by atoms with Crippen molar-refractivity contribution in [3.05, 3.63) is 70.8 Å². The van der Waals surface area contributed by atoms with Crippen LogP contribution >= 0.6 is 0 Å². The lowest BCUT2D eigenvalue weighted by Crippen LogP contribution is -2.11. The predicted molar refractivity (Wildman–Crippen MR) is 79.4 cm³/mol. The second-order valence-corrected chi connectivity index (χ2v) is 6.28. The molecule has 0 fully saturated rings. The average Bonchev–Trinajstić information content (AvgIpc) is 2.37. The van der Waals surface area contributed by atoms with Gasteiger partial charge in [0.2, 0.25) is 0 Å². The summed E-state index contributed by atoms with van der Waals surface area (Å²) in [5.41, 5.74) is 1.87. The van der Waals surface area contributed by atoms with Gasteiger partial charge in [-0.15, -0.1) is 0 Å². The normalized spacial score (nSPS) is 12.5. The maximum absolute atomic E-state index is 13.0. The first kappa shape index (κ1) is 15.6. The Hall–Kier alpha value is -1.77. The van der Waals surface area contributed by atoms with Crippen LogP contribution in [0.25, 0.3) is 0 Å². The zero-order valence-electron chi connectivity index (χ0n) is 12.5. The summed E-state index contributed by atoms with van der Waals surface area (Å²) in [6.07, 6.45) is -4.01. The fraction of sp³-hybridized carbons (Fsp3) is 0.333. The molecular formula is C18H19F3. The highest BCUT2D eigenvalue weighted by molar-refractivity contribution is 5.36. The maximum atomic E-state index is 13.0. The fourth-order valence-electron chi connectivity index (χ4n) is 2.29. The van der Waals surface area contributed by atoms with E-state index >= 15 is 0 Å². The van der Waals surface area contributed by atoms with E-state index in [0.29, 0.717) is 12.0 Å². The smallest absolute Gasteiger partial charge is 0.166 e. The van der Waals surface area contributed by atoms with Gasteiger partial charge in [-0.1, -0.05) is 63.2 Å². The molecule has 112 valence electrons. The van der Waals surface area contributed by atoms with Crippen molar-refractivity contribution in [2.24, 2.45) is 0 Å². The highest BCUT2D eigenvalue weighted by Crippen LogP contribution is 2.33. The Balaban J connectivity index is 2.27. The molecule has 0 saturated carbocycles. The van der Waals surface area contributed by atoms with Crippen molar-refractivity contribution < 1.29 is 13.2 Å². The van der Waals surface area contributed by atoms with E-state index in [9.17, 15) is 13.2 Å². The number of hydrogen-bond acceptors (Lipinski definition) is 0. The van der Waals surface area contributed by atoms with Crippen molar-refractivity contribution in [1.29, 1.82) is 0 Å². The van der Waals surface area contributed by atoms with Gasteiger partial charge in [-0.25, -0.2) is 0 Å². The lowest BCUT2D eigenvalue weighted by atomic mass is 9.86. The summed E-state index contributed by atoms with van der Waals surface area (Å²) >= 11 is 0. The Kier molecular flexibility index (Phi) is 4.13. The molecule has 0 aliphatic rings. The lowest BCUT2D eigenvalue weighted by molar-refractivity contribution is -0.138. The molecule has 0 aliphatic heterocycles. The molecule has 0 saturated heterocycles. The number of halogens is 3. The molecule has 0 atom stereocenters. The highest BCUT2D eigenvalue weighted by Gasteiger charge is 2.32. The van der Waals surface area contributed by atoms with E-state index in [1.807, 2.05) is 24.3 Å². The summed E-state index contributed by atoms with van der Waals surface area (Å²) < 4.78 is 38.9. The lowest BCUT2D eigenvalue weighted by Gasteiger charge is -2.19. The molecule has 2 aromatic rings.